The molecule has 0 saturated carbocycles. The number of hydrogen-bond donors (Lipinski definition) is 1. The van der Waals surface area contributed by atoms with Crippen LogP contribution in [0.5, 0.6) is 11.5 Å². The largest absolute Gasteiger partial charge is 0.497 e. The van der Waals surface area contributed by atoms with E-state index < -0.39 is 0 Å². The molecule has 0 bridgehead atoms. The van der Waals surface area contributed by atoms with E-state index in [0.29, 0.717) is 19.6 Å². The third kappa shape index (κ3) is 5.85. The number of pyridine rings is 1. The van der Waals surface area contributed by atoms with Gasteiger partial charge in [-0.15, -0.1) is 0 Å². The molecule has 0 atom stereocenters. The third-order valence-corrected chi connectivity index (χ3v) is 4.00. The van der Waals surface area contributed by atoms with Crippen molar-refractivity contribution in [1.82, 2.24) is 10.3 Å². The van der Waals surface area contributed by atoms with Crippen LogP contribution in [0.15, 0.2) is 72.9 Å². The first kappa shape index (κ1) is 18.5. The first-order valence-electron chi connectivity index (χ1n) is 8.74. The summed E-state index contributed by atoms with van der Waals surface area (Å²) >= 11 is 0. The van der Waals surface area contributed by atoms with Crippen LogP contribution in [0.1, 0.15) is 16.8 Å². The molecule has 0 unspecified atom stereocenters. The summed E-state index contributed by atoms with van der Waals surface area (Å²) in [5.74, 6) is 1.46. The molecule has 5 nitrogen and oxygen atoms in total. The van der Waals surface area contributed by atoms with Crippen molar-refractivity contribution in [2.24, 2.45) is 0 Å². The summed E-state index contributed by atoms with van der Waals surface area (Å²) in [5, 5.41) is 2.94. The summed E-state index contributed by atoms with van der Waals surface area (Å²) in [5.41, 5.74) is 2.77. The van der Waals surface area contributed by atoms with Crippen LogP contribution in [0.4, 0.5) is 0 Å². The summed E-state index contributed by atoms with van der Waals surface area (Å²) in [4.78, 5) is 16.4. The smallest absolute Gasteiger partial charge is 0.224 e. The number of hydrogen-bond acceptors (Lipinski definition) is 4. The van der Waals surface area contributed by atoms with Gasteiger partial charge in [0.15, 0.2) is 0 Å². The summed E-state index contributed by atoms with van der Waals surface area (Å²) < 4.78 is 11.0. The SMILES string of the molecule is COc1cccc(CC(=O)NCc2cccc(OCc3ccccn3)c2)c1. The van der Waals surface area contributed by atoms with E-state index in [4.69, 9.17) is 9.47 Å². The molecule has 0 radical (unpaired) electrons. The summed E-state index contributed by atoms with van der Waals surface area (Å²) in [6, 6.07) is 20.9. The van der Waals surface area contributed by atoms with Crippen molar-refractivity contribution in [3.8, 4) is 11.5 Å². The Morgan fingerprint density at radius 3 is 2.52 bits per heavy atom. The molecule has 0 saturated heterocycles. The van der Waals surface area contributed by atoms with Gasteiger partial charge in [-0.1, -0.05) is 30.3 Å². The van der Waals surface area contributed by atoms with Gasteiger partial charge in [-0.05, 0) is 47.5 Å². The minimum atomic E-state index is -0.0388. The van der Waals surface area contributed by atoms with Gasteiger partial charge < -0.3 is 14.8 Å². The molecule has 1 heterocycles. The predicted molar refractivity (Wildman–Crippen MR) is 104 cm³/mol. The van der Waals surface area contributed by atoms with Crippen molar-refractivity contribution in [2.45, 2.75) is 19.6 Å². The van der Waals surface area contributed by atoms with E-state index in [0.717, 1.165) is 28.3 Å². The minimum Gasteiger partial charge on any atom is -0.497 e. The van der Waals surface area contributed by atoms with Gasteiger partial charge in [0.2, 0.25) is 5.91 Å². The number of ether oxygens (including phenoxy) is 2. The fraction of sp³-hybridized carbons (Fsp3) is 0.182. The summed E-state index contributed by atoms with van der Waals surface area (Å²) in [6.07, 6.45) is 2.06. The second-order valence-electron chi connectivity index (χ2n) is 6.06. The molecule has 0 fully saturated rings. The van der Waals surface area contributed by atoms with Gasteiger partial charge >= 0.3 is 0 Å². The fourth-order valence-electron chi connectivity index (χ4n) is 2.62. The topological polar surface area (TPSA) is 60.5 Å². The van der Waals surface area contributed by atoms with Crippen molar-refractivity contribution in [2.75, 3.05) is 7.11 Å². The van der Waals surface area contributed by atoms with E-state index in [9.17, 15) is 4.79 Å². The molecule has 1 amide bonds. The van der Waals surface area contributed by atoms with Crippen LogP contribution in [0.2, 0.25) is 0 Å². The number of rotatable bonds is 8. The van der Waals surface area contributed by atoms with E-state index >= 15 is 0 Å². The number of benzene rings is 2. The average Bonchev–Trinajstić information content (AvgIpc) is 2.72. The van der Waals surface area contributed by atoms with E-state index in [-0.39, 0.29) is 5.91 Å². The normalized spacial score (nSPS) is 10.3. The second kappa shape index (κ2) is 9.38. The van der Waals surface area contributed by atoms with Crippen molar-refractivity contribution < 1.29 is 14.3 Å². The fourth-order valence-corrected chi connectivity index (χ4v) is 2.62. The molecule has 1 aromatic heterocycles. The molecule has 138 valence electrons. The van der Waals surface area contributed by atoms with Crippen LogP contribution in [0.25, 0.3) is 0 Å². The lowest BCUT2D eigenvalue weighted by atomic mass is 10.1. The lowest BCUT2D eigenvalue weighted by Crippen LogP contribution is -2.24. The molecule has 0 spiro atoms. The first-order chi connectivity index (χ1) is 13.2. The molecular weight excluding hydrogens is 340 g/mol. The number of carbonyl (C=O) groups is 1. The lowest BCUT2D eigenvalue weighted by molar-refractivity contribution is -0.120. The second-order valence-corrected chi connectivity index (χ2v) is 6.06. The van der Waals surface area contributed by atoms with Gasteiger partial charge in [0.05, 0.1) is 19.2 Å². The lowest BCUT2D eigenvalue weighted by Gasteiger charge is -2.09. The maximum absolute atomic E-state index is 12.2. The molecule has 1 N–H and O–H groups in total. The zero-order chi connectivity index (χ0) is 18.9. The Morgan fingerprint density at radius 2 is 1.74 bits per heavy atom. The van der Waals surface area contributed by atoms with Gasteiger partial charge in [-0.25, -0.2) is 0 Å². The number of amides is 1. The van der Waals surface area contributed by atoms with Crippen LogP contribution in [0.3, 0.4) is 0 Å². The van der Waals surface area contributed by atoms with Gasteiger partial charge in [-0.3, -0.25) is 9.78 Å². The van der Waals surface area contributed by atoms with E-state index in [2.05, 4.69) is 10.3 Å². The molecule has 3 rings (SSSR count). The van der Waals surface area contributed by atoms with Gasteiger partial charge in [-0.2, -0.15) is 0 Å². The Bertz CT molecular complexity index is 881. The molecule has 27 heavy (non-hydrogen) atoms. The molecule has 0 aliphatic rings. The van der Waals surface area contributed by atoms with Crippen molar-refractivity contribution in [3.63, 3.8) is 0 Å². The zero-order valence-electron chi connectivity index (χ0n) is 15.2. The molecule has 2 aromatic carbocycles. The highest BCUT2D eigenvalue weighted by molar-refractivity contribution is 5.78. The Hall–Kier alpha value is -3.34. The van der Waals surface area contributed by atoms with Crippen LogP contribution in [0, 0.1) is 0 Å². The van der Waals surface area contributed by atoms with Crippen LogP contribution < -0.4 is 14.8 Å². The zero-order valence-corrected chi connectivity index (χ0v) is 15.2. The molecule has 0 aliphatic carbocycles. The molecular formula is C22H22N2O3. The number of methoxy groups -OCH3 is 1. The first-order valence-corrected chi connectivity index (χ1v) is 8.74. The van der Waals surface area contributed by atoms with E-state index in [1.807, 2.05) is 66.7 Å². The number of carbonyl (C=O) groups excluding carboxylic acids is 1. The predicted octanol–water partition coefficient (Wildman–Crippen LogP) is 3.53. The van der Waals surface area contributed by atoms with Gasteiger partial charge in [0.25, 0.3) is 0 Å². The van der Waals surface area contributed by atoms with Gasteiger partial charge in [0, 0.05) is 12.7 Å². The standard InChI is InChI=1S/C22H22N2O3/c1-26-20-9-4-6-17(12-20)14-22(25)24-15-18-7-5-10-21(13-18)27-16-19-8-2-3-11-23-19/h2-13H,14-16H2,1H3,(H,24,25). The Morgan fingerprint density at radius 1 is 0.963 bits per heavy atom. The highest BCUT2D eigenvalue weighted by atomic mass is 16.5. The molecule has 0 aliphatic heterocycles. The average molecular weight is 362 g/mol. The quantitative estimate of drug-likeness (QED) is 0.666. The third-order valence-electron chi connectivity index (χ3n) is 4.00. The summed E-state index contributed by atoms with van der Waals surface area (Å²) in [6.45, 7) is 0.857. The number of aromatic nitrogens is 1. The Balaban J connectivity index is 1.51. The monoisotopic (exact) mass is 362 g/mol. The van der Waals surface area contributed by atoms with E-state index in [1.54, 1.807) is 13.3 Å². The maximum Gasteiger partial charge on any atom is 0.224 e. The minimum absolute atomic E-state index is 0.0388. The van der Waals surface area contributed by atoms with Crippen LogP contribution >= 0.6 is 0 Å². The van der Waals surface area contributed by atoms with E-state index in [1.165, 1.54) is 0 Å². The highest BCUT2D eigenvalue weighted by Gasteiger charge is 2.05. The van der Waals surface area contributed by atoms with Crippen LogP contribution in [-0.4, -0.2) is 18.0 Å². The Labute approximate surface area is 159 Å². The van der Waals surface area contributed by atoms with Crippen molar-refractivity contribution in [1.29, 1.82) is 0 Å². The van der Waals surface area contributed by atoms with Crippen molar-refractivity contribution >= 4 is 5.91 Å². The molecule has 3 aromatic rings. The Kier molecular flexibility index (Phi) is 6.41. The highest BCUT2D eigenvalue weighted by Crippen LogP contribution is 2.15. The molecule has 5 heteroatoms. The maximum atomic E-state index is 12.2. The number of nitrogens with zero attached hydrogens (tertiary/aromatic N) is 1. The van der Waals surface area contributed by atoms with Crippen LogP contribution in [-0.2, 0) is 24.4 Å². The van der Waals surface area contributed by atoms with Gasteiger partial charge in [0.1, 0.15) is 18.1 Å². The van der Waals surface area contributed by atoms with Crippen molar-refractivity contribution in [3.05, 3.63) is 89.7 Å². The summed E-state index contributed by atoms with van der Waals surface area (Å²) in [7, 11) is 1.61. The number of nitrogens with one attached hydrogen (secondary N) is 1.